The summed E-state index contributed by atoms with van der Waals surface area (Å²) in [6.07, 6.45) is 0.361. The fourth-order valence-electron chi connectivity index (χ4n) is 4.43. The van der Waals surface area contributed by atoms with Crippen LogP contribution in [0, 0.1) is 20.8 Å². The van der Waals surface area contributed by atoms with Gasteiger partial charge in [0, 0.05) is 18.1 Å². The van der Waals surface area contributed by atoms with Crippen LogP contribution in [0.3, 0.4) is 0 Å². The van der Waals surface area contributed by atoms with E-state index < -0.39 is 28.5 Å². The number of hydrogen-bond acceptors (Lipinski definition) is 4. The molecule has 1 atom stereocenters. The second-order valence-corrected chi connectivity index (χ2v) is 11.9. The van der Waals surface area contributed by atoms with Crippen LogP contribution in [0.2, 0.25) is 5.02 Å². The van der Waals surface area contributed by atoms with Crippen molar-refractivity contribution in [2.24, 2.45) is 0 Å². The minimum atomic E-state index is -4.11. The summed E-state index contributed by atoms with van der Waals surface area (Å²) >= 11 is 6.05. The van der Waals surface area contributed by atoms with E-state index in [1.165, 1.54) is 4.90 Å². The highest BCUT2D eigenvalue weighted by Crippen LogP contribution is 2.28. The van der Waals surface area contributed by atoms with Gasteiger partial charge >= 0.3 is 0 Å². The first-order valence-electron chi connectivity index (χ1n) is 13.0. The number of nitrogens with zero attached hydrogens (tertiary/aromatic N) is 2. The Balaban J connectivity index is 2.09. The van der Waals surface area contributed by atoms with Gasteiger partial charge in [-0.3, -0.25) is 13.9 Å². The van der Waals surface area contributed by atoms with E-state index >= 15 is 0 Å². The molecule has 0 aromatic heterocycles. The number of anilines is 1. The standard InChI is InChI=1S/C30H36ClN3O4S/c1-6-27(30(36)32-7-2)33(19-24-11-13-25(31)14-12-24)29(35)20-34(28-17-10-22(4)18-23(28)5)39(37,38)26-15-8-21(3)9-16-26/h8-18,27H,6-7,19-20H2,1-5H3,(H,32,36)/t27-/m1/s1. The number of amides is 2. The van der Waals surface area contributed by atoms with Crippen molar-refractivity contribution in [3.05, 3.63) is 94.0 Å². The van der Waals surface area contributed by atoms with Crippen molar-refractivity contribution in [1.82, 2.24) is 10.2 Å². The number of halogens is 1. The highest BCUT2D eigenvalue weighted by Gasteiger charge is 2.34. The number of hydrogen-bond donors (Lipinski definition) is 1. The summed E-state index contributed by atoms with van der Waals surface area (Å²) in [5.41, 5.74) is 3.80. The Bertz CT molecular complexity index is 1410. The van der Waals surface area contributed by atoms with Crippen LogP contribution in [0.5, 0.6) is 0 Å². The molecule has 0 aliphatic carbocycles. The van der Waals surface area contributed by atoms with Gasteiger partial charge in [-0.05, 0) is 75.6 Å². The average molecular weight is 570 g/mol. The molecule has 9 heteroatoms. The molecular formula is C30H36ClN3O4S. The molecule has 0 radical (unpaired) electrons. The summed E-state index contributed by atoms with van der Waals surface area (Å²) in [7, 11) is -4.11. The maximum atomic E-state index is 14.0. The molecule has 3 aromatic carbocycles. The molecule has 0 spiro atoms. The molecule has 3 rings (SSSR count). The van der Waals surface area contributed by atoms with Crippen molar-refractivity contribution in [2.75, 3.05) is 17.4 Å². The van der Waals surface area contributed by atoms with E-state index in [1.54, 1.807) is 54.6 Å². The van der Waals surface area contributed by atoms with Gasteiger partial charge in [-0.25, -0.2) is 8.42 Å². The molecule has 0 aliphatic heterocycles. The molecule has 208 valence electrons. The minimum Gasteiger partial charge on any atom is -0.355 e. The highest BCUT2D eigenvalue weighted by atomic mass is 35.5. The van der Waals surface area contributed by atoms with E-state index in [9.17, 15) is 18.0 Å². The first kappa shape index (κ1) is 30.2. The average Bonchev–Trinajstić information content (AvgIpc) is 2.89. The third kappa shape index (κ3) is 7.40. The van der Waals surface area contributed by atoms with Crippen LogP contribution in [-0.2, 0) is 26.2 Å². The van der Waals surface area contributed by atoms with Gasteiger partial charge in [0.15, 0.2) is 0 Å². The summed E-state index contributed by atoms with van der Waals surface area (Å²) in [5, 5.41) is 3.36. The number of carbonyl (C=O) groups is 2. The molecule has 39 heavy (non-hydrogen) atoms. The first-order chi connectivity index (χ1) is 18.5. The molecule has 0 saturated heterocycles. The quantitative estimate of drug-likeness (QED) is 0.335. The Morgan fingerprint density at radius 1 is 0.897 bits per heavy atom. The SMILES string of the molecule is CCNC(=O)[C@@H](CC)N(Cc1ccc(Cl)cc1)C(=O)CN(c1ccc(C)cc1C)S(=O)(=O)c1ccc(C)cc1. The molecule has 2 amide bonds. The van der Waals surface area contributed by atoms with Gasteiger partial charge < -0.3 is 10.2 Å². The summed E-state index contributed by atoms with van der Waals surface area (Å²) in [5.74, 6) is -0.777. The number of aryl methyl sites for hydroxylation is 3. The van der Waals surface area contributed by atoms with Crippen LogP contribution in [-0.4, -0.2) is 44.3 Å². The van der Waals surface area contributed by atoms with Gasteiger partial charge in [-0.15, -0.1) is 0 Å². The van der Waals surface area contributed by atoms with E-state index in [-0.39, 0.29) is 17.3 Å². The molecule has 0 saturated carbocycles. The van der Waals surface area contributed by atoms with Crippen LogP contribution in [0.1, 0.15) is 42.5 Å². The molecule has 0 bridgehead atoms. The summed E-state index contributed by atoms with van der Waals surface area (Å²) in [6, 6.07) is 18.2. The van der Waals surface area contributed by atoms with E-state index in [0.29, 0.717) is 23.7 Å². The van der Waals surface area contributed by atoms with Crippen molar-refractivity contribution in [3.8, 4) is 0 Å². The monoisotopic (exact) mass is 569 g/mol. The largest absolute Gasteiger partial charge is 0.355 e. The normalized spacial score (nSPS) is 12.1. The number of nitrogens with one attached hydrogen (secondary N) is 1. The summed E-state index contributed by atoms with van der Waals surface area (Å²) < 4.78 is 29.1. The van der Waals surface area contributed by atoms with Crippen molar-refractivity contribution in [3.63, 3.8) is 0 Å². The fraction of sp³-hybridized carbons (Fsp3) is 0.333. The molecule has 0 aliphatic rings. The predicted octanol–water partition coefficient (Wildman–Crippen LogP) is 5.40. The van der Waals surface area contributed by atoms with Gasteiger partial charge in [0.05, 0.1) is 10.6 Å². The second kappa shape index (κ2) is 13.1. The zero-order chi connectivity index (χ0) is 28.7. The van der Waals surface area contributed by atoms with Crippen molar-refractivity contribution < 1.29 is 18.0 Å². The van der Waals surface area contributed by atoms with Crippen LogP contribution in [0.4, 0.5) is 5.69 Å². The smallest absolute Gasteiger partial charge is 0.264 e. The topological polar surface area (TPSA) is 86.8 Å². The Hall–Kier alpha value is -3.36. The zero-order valence-electron chi connectivity index (χ0n) is 23.1. The fourth-order valence-corrected chi connectivity index (χ4v) is 6.04. The number of sulfonamides is 1. The van der Waals surface area contributed by atoms with Crippen LogP contribution in [0.25, 0.3) is 0 Å². The van der Waals surface area contributed by atoms with Crippen molar-refractivity contribution in [1.29, 1.82) is 0 Å². The molecule has 1 N–H and O–H groups in total. The summed E-state index contributed by atoms with van der Waals surface area (Å²) in [4.78, 5) is 28.6. The van der Waals surface area contributed by atoms with Gasteiger partial charge in [-0.2, -0.15) is 0 Å². The Kier molecular flexibility index (Phi) is 10.2. The van der Waals surface area contributed by atoms with Gasteiger partial charge in [0.25, 0.3) is 10.0 Å². The summed E-state index contributed by atoms with van der Waals surface area (Å²) in [6.45, 7) is 9.32. The van der Waals surface area contributed by atoms with Crippen molar-refractivity contribution in [2.45, 2.75) is 58.5 Å². The Morgan fingerprint density at radius 3 is 2.08 bits per heavy atom. The lowest BCUT2D eigenvalue weighted by atomic mass is 10.1. The zero-order valence-corrected chi connectivity index (χ0v) is 24.6. The number of likely N-dealkylation sites (N-methyl/N-ethyl adjacent to an activating group) is 1. The highest BCUT2D eigenvalue weighted by molar-refractivity contribution is 7.92. The van der Waals surface area contributed by atoms with E-state index in [4.69, 9.17) is 11.6 Å². The second-order valence-electron chi connectivity index (χ2n) is 9.58. The van der Waals surface area contributed by atoms with Gasteiger partial charge in [0.2, 0.25) is 11.8 Å². The Morgan fingerprint density at radius 2 is 1.51 bits per heavy atom. The Labute approximate surface area is 236 Å². The lowest BCUT2D eigenvalue weighted by Crippen LogP contribution is -2.52. The van der Waals surface area contributed by atoms with Crippen LogP contribution >= 0.6 is 11.6 Å². The van der Waals surface area contributed by atoms with Crippen molar-refractivity contribution >= 4 is 39.1 Å². The van der Waals surface area contributed by atoms with Crippen LogP contribution < -0.4 is 9.62 Å². The molecule has 0 fully saturated rings. The van der Waals surface area contributed by atoms with Crippen LogP contribution in [0.15, 0.2) is 71.6 Å². The third-order valence-corrected chi connectivity index (χ3v) is 8.54. The molecule has 0 heterocycles. The number of rotatable bonds is 11. The van der Waals surface area contributed by atoms with Gasteiger partial charge in [-0.1, -0.05) is 66.0 Å². The van der Waals surface area contributed by atoms with E-state index in [1.807, 2.05) is 46.8 Å². The number of carbonyl (C=O) groups excluding carboxylic acids is 2. The van der Waals surface area contributed by atoms with E-state index in [0.717, 1.165) is 26.6 Å². The maximum Gasteiger partial charge on any atom is 0.264 e. The molecule has 0 unspecified atom stereocenters. The number of benzene rings is 3. The predicted molar refractivity (Wildman–Crippen MR) is 156 cm³/mol. The minimum absolute atomic E-state index is 0.0842. The lowest BCUT2D eigenvalue weighted by Gasteiger charge is -2.33. The third-order valence-electron chi connectivity index (χ3n) is 6.51. The maximum absolute atomic E-state index is 14.0. The molecular weight excluding hydrogens is 534 g/mol. The van der Waals surface area contributed by atoms with E-state index in [2.05, 4.69) is 5.32 Å². The molecule has 7 nitrogen and oxygen atoms in total. The molecule has 3 aromatic rings. The lowest BCUT2D eigenvalue weighted by molar-refractivity contribution is -0.140. The first-order valence-corrected chi connectivity index (χ1v) is 14.8. The van der Waals surface area contributed by atoms with Gasteiger partial charge in [0.1, 0.15) is 12.6 Å².